The molecule has 0 saturated heterocycles. The van der Waals surface area contributed by atoms with Crippen LogP contribution in [0.2, 0.25) is 0 Å². The van der Waals surface area contributed by atoms with Gasteiger partial charge in [-0.1, -0.05) is 72.8 Å². The van der Waals surface area contributed by atoms with E-state index in [1.807, 2.05) is 66.7 Å². The Labute approximate surface area is 168 Å². The number of rotatable bonds is 4. The van der Waals surface area contributed by atoms with E-state index in [0.717, 1.165) is 11.1 Å². The molecule has 3 aromatic carbocycles. The Bertz CT molecular complexity index is 1130. The molecule has 0 amide bonds. The van der Waals surface area contributed by atoms with Gasteiger partial charge in [-0.25, -0.2) is 15.0 Å². The molecule has 0 aliphatic carbocycles. The van der Waals surface area contributed by atoms with E-state index in [2.05, 4.69) is 15.0 Å². The number of nitriles is 1. The molecule has 29 heavy (non-hydrogen) atoms. The topological polar surface area (TPSA) is 103 Å². The highest BCUT2D eigenvalue weighted by Crippen LogP contribution is 2.24. The lowest BCUT2D eigenvalue weighted by molar-refractivity contribution is 0.425. The predicted octanol–water partition coefficient (Wildman–Crippen LogP) is 2.42. The van der Waals surface area contributed by atoms with Gasteiger partial charge in [0.25, 0.3) is 0 Å². The molecule has 6 nitrogen and oxygen atoms in total. The van der Waals surface area contributed by atoms with Crippen LogP contribution in [0.1, 0.15) is 5.56 Å². The molecule has 1 heterocycles. The lowest BCUT2D eigenvalue weighted by Crippen LogP contribution is -2.32. The SMILES string of the molecule is N#Cc1cc(-c2nc(-c3ccccc3)nc(-c3ccccc3)n2)ccc1B(O)O. The third kappa shape index (κ3) is 3.89. The molecule has 2 N–H and O–H groups in total. The monoisotopic (exact) mass is 378 g/mol. The van der Waals surface area contributed by atoms with E-state index >= 15 is 0 Å². The van der Waals surface area contributed by atoms with Gasteiger partial charge in [-0.2, -0.15) is 5.26 Å². The van der Waals surface area contributed by atoms with Gasteiger partial charge in [0.2, 0.25) is 0 Å². The van der Waals surface area contributed by atoms with Crippen LogP contribution in [-0.4, -0.2) is 32.1 Å². The molecule has 1 aromatic heterocycles. The highest BCUT2D eigenvalue weighted by Gasteiger charge is 2.18. The molecule has 0 radical (unpaired) electrons. The Hall–Kier alpha value is -3.86. The summed E-state index contributed by atoms with van der Waals surface area (Å²) in [6.07, 6.45) is 0. The van der Waals surface area contributed by atoms with Gasteiger partial charge in [0.15, 0.2) is 17.5 Å². The number of benzene rings is 3. The van der Waals surface area contributed by atoms with Crippen molar-refractivity contribution in [1.82, 2.24) is 15.0 Å². The standard InChI is InChI=1S/C22H15BN4O2/c24-14-18-13-17(11-12-19(18)23(28)29)22-26-20(15-7-3-1-4-8-15)25-21(27-22)16-9-5-2-6-10-16/h1-13,28-29H. The minimum Gasteiger partial charge on any atom is -0.423 e. The van der Waals surface area contributed by atoms with Crippen LogP contribution < -0.4 is 5.46 Å². The number of aromatic nitrogens is 3. The maximum atomic E-state index is 9.45. The first-order chi connectivity index (χ1) is 14.2. The van der Waals surface area contributed by atoms with E-state index in [1.54, 1.807) is 12.1 Å². The summed E-state index contributed by atoms with van der Waals surface area (Å²) in [7, 11) is -1.73. The average molecular weight is 378 g/mol. The van der Waals surface area contributed by atoms with Gasteiger partial charge in [-0.3, -0.25) is 0 Å². The molecule has 4 aromatic rings. The van der Waals surface area contributed by atoms with Crippen molar-refractivity contribution in [3.05, 3.63) is 84.4 Å². The second-order valence-electron chi connectivity index (χ2n) is 6.33. The molecule has 0 unspecified atom stereocenters. The average Bonchev–Trinajstić information content (AvgIpc) is 2.79. The van der Waals surface area contributed by atoms with Crippen molar-refractivity contribution in [2.75, 3.05) is 0 Å². The second kappa shape index (κ2) is 8.03. The number of nitrogens with zero attached hydrogens (tertiary/aromatic N) is 4. The molecule has 0 spiro atoms. The largest absolute Gasteiger partial charge is 0.489 e. The Morgan fingerprint density at radius 2 is 1.14 bits per heavy atom. The zero-order valence-electron chi connectivity index (χ0n) is 15.3. The van der Waals surface area contributed by atoms with Crippen LogP contribution in [-0.2, 0) is 0 Å². The molecule has 0 aliphatic heterocycles. The smallest absolute Gasteiger partial charge is 0.423 e. The van der Waals surface area contributed by atoms with Gasteiger partial charge < -0.3 is 10.0 Å². The van der Waals surface area contributed by atoms with Crippen LogP contribution in [0.15, 0.2) is 78.9 Å². The van der Waals surface area contributed by atoms with Crippen LogP contribution in [0, 0.1) is 11.3 Å². The van der Waals surface area contributed by atoms with Crippen LogP contribution in [0.4, 0.5) is 0 Å². The Balaban J connectivity index is 1.91. The first-order valence-electron chi connectivity index (χ1n) is 8.93. The summed E-state index contributed by atoms with van der Waals surface area (Å²) in [4.78, 5) is 13.8. The Kier molecular flexibility index (Phi) is 5.12. The van der Waals surface area contributed by atoms with Gasteiger partial charge in [-0.15, -0.1) is 0 Å². The minimum absolute atomic E-state index is 0.136. The summed E-state index contributed by atoms with van der Waals surface area (Å²) in [6, 6.07) is 25.8. The lowest BCUT2D eigenvalue weighted by Gasteiger charge is -2.09. The van der Waals surface area contributed by atoms with E-state index in [-0.39, 0.29) is 11.0 Å². The van der Waals surface area contributed by atoms with Gasteiger partial charge in [-0.05, 0) is 11.5 Å². The quantitative estimate of drug-likeness (QED) is 0.529. The summed E-state index contributed by atoms with van der Waals surface area (Å²) < 4.78 is 0. The molecule has 138 valence electrons. The lowest BCUT2D eigenvalue weighted by atomic mass is 9.77. The number of hydrogen-bond acceptors (Lipinski definition) is 6. The summed E-state index contributed by atoms with van der Waals surface area (Å²) in [5.74, 6) is 1.42. The van der Waals surface area contributed by atoms with E-state index in [9.17, 15) is 15.3 Å². The summed E-state index contributed by atoms with van der Waals surface area (Å²) in [5, 5.41) is 28.3. The van der Waals surface area contributed by atoms with Gasteiger partial charge in [0.05, 0.1) is 11.6 Å². The molecule has 7 heteroatoms. The van der Waals surface area contributed by atoms with Crippen molar-refractivity contribution in [2.45, 2.75) is 0 Å². The molecule has 0 bridgehead atoms. The molecule has 0 saturated carbocycles. The Morgan fingerprint density at radius 3 is 1.59 bits per heavy atom. The molecule has 0 aliphatic rings. The highest BCUT2D eigenvalue weighted by molar-refractivity contribution is 6.59. The van der Waals surface area contributed by atoms with Gasteiger partial charge in [0.1, 0.15) is 0 Å². The first-order valence-corrected chi connectivity index (χ1v) is 8.93. The molecule has 0 fully saturated rings. The van der Waals surface area contributed by atoms with Crippen molar-refractivity contribution in [2.24, 2.45) is 0 Å². The molecular formula is C22H15BN4O2. The molecule has 0 atom stereocenters. The fourth-order valence-corrected chi connectivity index (χ4v) is 2.96. The van der Waals surface area contributed by atoms with Crippen molar-refractivity contribution in [1.29, 1.82) is 5.26 Å². The normalized spacial score (nSPS) is 10.4. The minimum atomic E-state index is -1.73. The summed E-state index contributed by atoms with van der Waals surface area (Å²) >= 11 is 0. The predicted molar refractivity (Wildman–Crippen MR) is 111 cm³/mol. The van der Waals surface area contributed by atoms with Crippen molar-refractivity contribution in [3.63, 3.8) is 0 Å². The highest BCUT2D eigenvalue weighted by atomic mass is 16.4. The maximum absolute atomic E-state index is 9.45. The zero-order valence-corrected chi connectivity index (χ0v) is 15.3. The van der Waals surface area contributed by atoms with Crippen molar-refractivity contribution >= 4 is 12.6 Å². The van der Waals surface area contributed by atoms with Gasteiger partial charge >= 0.3 is 7.12 Å². The van der Waals surface area contributed by atoms with Crippen molar-refractivity contribution in [3.8, 4) is 40.2 Å². The fourth-order valence-electron chi connectivity index (χ4n) is 2.96. The van der Waals surface area contributed by atoms with E-state index < -0.39 is 7.12 Å². The van der Waals surface area contributed by atoms with E-state index in [1.165, 1.54) is 6.07 Å². The third-order valence-electron chi connectivity index (χ3n) is 4.41. The van der Waals surface area contributed by atoms with Crippen LogP contribution >= 0.6 is 0 Å². The molecular weight excluding hydrogens is 363 g/mol. The van der Waals surface area contributed by atoms with Crippen LogP contribution in [0.25, 0.3) is 34.2 Å². The maximum Gasteiger partial charge on any atom is 0.489 e. The zero-order chi connectivity index (χ0) is 20.2. The van der Waals surface area contributed by atoms with E-state index in [4.69, 9.17) is 0 Å². The first kappa shape index (κ1) is 18.5. The summed E-state index contributed by atoms with van der Waals surface area (Å²) in [5.41, 5.74) is 2.56. The van der Waals surface area contributed by atoms with Gasteiger partial charge in [0, 0.05) is 16.7 Å². The summed E-state index contributed by atoms with van der Waals surface area (Å²) in [6.45, 7) is 0. The fraction of sp³-hybridized carbons (Fsp3) is 0. The molecule has 4 rings (SSSR count). The third-order valence-corrected chi connectivity index (χ3v) is 4.41. The van der Waals surface area contributed by atoms with Crippen molar-refractivity contribution < 1.29 is 10.0 Å². The van der Waals surface area contributed by atoms with E-state index in [0.29, 0.717) is 23.0 Å². The Morgan fingerprint density at radius 1 is 0.655 bits per heavy atom. The number of hydrogen-bond donors (Lipinski definition) is 2. The second-order valence-corrected chi connectivity index (χ2v) is 6.33. The van der Waals surface area contributed by atoms with Crippen LogP contribution in [0.5, 0.6) is 0 Å². The van der Waals surface area contributed by atoms with Crippen LogP contribution in [0.3, 0.4) is 0 Å².